The van der Waals surface area contributed by atoms with Gasteiger partial charge < -0.3 is 14.8 Å². The molecule has 2 aromatic carbocycles. The Hall–Kier alpha value is -2.86. The van der Waals surface area contributed by atoms with Crippen molar-refractivity contribution in [3.05, 3.63) is 60.2 Å². The van der Waals surface area contributed by atoms with Crippen LogP contribution in [0.25, 0.3) is 6.08 Å². The molecule has 0 radical (unpaired) electrons. The third-order valence-electron chi connectivity index (χ3n) is 3.37. The lowest BCUT2D eigenvalue weighted by molar-refractivity contribution is -0.115. The molecule has 0 aliphatic rings. The predicted molar refractivity (Wildman–Crippen MR) is 109 cm³/mol. The number of rotatable bonds is 7. The Morgan fingerprint density at radius 1 is 1.15 bits per heavy atom. The van der Waals surface area contributed by atoms with Crippen molar-refractivity contribution < 1.29 is 14.3 Å². The molecule has 0 saturated carbocycles. The molecule has 2 N–H and O–H groups in total. The zero-order valence-corrected chi connectivity index (χ0v) is 15.6. The highest BCUT2D eigenvalue weighted by molar-refractivity contribution is 7.80. The molecule has 2 aromatic rings. The van der Waals surface area contributed by atoms with Crippen molar-refractivity contribution in [2.75, 3.05) is 19.0 Å². The fraction of sp³-hybridized carbons (Fsp3) is 0.200. The Labute approximate surface area is 159 Å². The van der Waals surface area contributed by atoms with Crippen LogP contribution >= 0.6 is 12.2 Å². The molecule has 2 rings (SSSR count). The first-order valence-corrected chi connectivity index (χ1v) is 8.69. The quantitative estimate of drug-likeness (QED) is 0.570. The van der Waals surface area contributed by atoms with E-state index in [1.54, 1.807) is 13.2 Å². The third-order valence-corrected chi connectivity index (χ3v) is 3.58. The van der Waals surface area contributed by atoms with Gasteiger partial charge >= 0.3 is 0 Å². The van der Waals surface area contributed by atoms with Gasteiger partial charge in [-0.15, -0.1) is 0 Å². The van der Waals surface area contributed by atoms with E-state index in [4.69, 9.17) is 21.7 Å². The van der Waals surface area contributed by atoms with Gasteiger partial charge in [0.1, 0.15) is 11.5 Å². The average Bonchev–Trinajstić information content (AvgIpc) is 2.66. The van der Waals surface area contributed by atoms with Gasteiger partial charge in [0.2, 0.25) is 5.91 Å². The second kappa shape index (κ2) is 10.2. The van der Waals surface area contributed by atoms with Gasteiger partial charge in [0.05, 0.1) is 13.7 Å². The molecule has 6 heteroatoms. The number of methoxy groups -OCH3 is 1. The summed E-state index contributed by atoms with van der Waals surface area (Å²) in [5, 5.41) is 5.79. The minimum absolute atomic E-state index is 0.224. The Morgan fingerprint density at radius 3 is 2.58 bits per heavy atom. The summed E-state index contributed by atoms with van der Waals surface area (Å²) in [6.07, 6.45) is 4.04. The van der Waals surface area contributed by atoms with Crippen molar-refractivity contribution in [3.8, 4) is 11.5 Å². The molecule has 0 unspecified atom stereocenters. The van der Waals surface area contributed by atoms with Gasteiger partial charge in [-0.25, -0.2) is 0 Å². The molecule has 136 valence electrons. The van der Waals surface area contributed by atoms with E-state index >= 15 is 0 Å². The van der Waals surface area contributed by atoms with Gasteiger partial charge in [0.15, 0.2) is 5.11 Å². The second-order valence-corrected chi connectivity index (χ2v) is 5.80. The molecule has 0 saturated heterocycles. The predicted octanol–water partition coefficient (Wildman–Crippen LogP) is 4.01. The lowest BCUT2D eigenvalue weighted by Crippen LogP contribution is -2.32. The maximum absolute atomic E-state index is 12.0. The molecule has 1 amide bonds. The van der Waals surface area contributed by atoms with E-state index in [1.165, 1.54) is 6.08 Å². The van der Waals surface area contributed by atoms with E-state index in [0.29, 0.717) is 12.4 Å². The number of para-hydroxylation sites is 1. The number of thiocarbonyl (C=S) groups is 1. The van der Waals surface area contributed by atoms with Crippen LogP contribution in [0.15, 0.2) is 54.6 Å². The Kier molecular flexibility index (Phi) is 7.64. The first kappa shape index (κ1) is 19.5. The van der Waals surface area contributed by atoms with Crippen molar-refractivity contribution in [3.63, 3.8) is 0 Å². The number of carbonyl (C=O) groups excluding carboxylic acids is 1. The number of benzene rings is 2. The van der Waals surface area contributed by atoms with Crippen LogP contribution in [0.3, 0.4) is 0 Å². The van der Waals surface area contributed by atoms with Crippen molar-refractivity contribution in [2.45, 2.75) is 13.3 Å². The fourth-order valence-electron chi connectivity index (χ4n) is 2.14. The van der Waals surface area contributed by atoms with Crippen molar-refractivity contribution in [1.82, 2.24) is 5.32 Å². The van der Waals surface area contributed by atoms with Crippen LogP contribution in [0.5, 0.6) is 11.5 Å². The molecule has 26 heavy (non-hydrogen) atoms. The lowest BCUT2D eigenvalue weighted by atomic mass is 10.2. The zero-order chi connectivity index (χ0) is 18.8. The summed E-state index contributed by atoms with van der Waals surface area (Å²) < 4.78 is 10.8. The van der Waals surface area contributed by atoms with Crippen molar-refractivity contribution in [1.29, 1.82) is 0 Å². The van der Waals surface area contributed by atoms with Gasteiger partial charge in [0.25, 0.3) is 0 Å². The van der Waals surface area contributed by atoms with Gasteiger partial charge in [-0.05, 0) is 55.0 Å². The SMILES string of the molecule is CCCOc1ccc(NC(=S)NC(=O)/C=C/c2ccccc2OC)cc1. The Morgan fingerprint density at radius 2 is 1.88 bits per heavy atom. The standard InChI is InChI=1S/C20H22N2O3S/c1-3-14-25-17-11-9-16(10-12-17)21-20(26)22-19(23)13-8-15-6-4-5-7-18(15)24-2/h4-13H,3,14H2,1-2H3,(H2,21,22,23,26)/b13-8+. The average molecular weight is 370 g/mol. The normalized spacial score (nSPS) is 10.4. The number of anilines is 1. The van der Waals surface area contributed by atoms with Gasteiger partial charge in [-0.2, -0.15) is 0 Å². The van der Waals surface area contributed by atoms with Gasteiger partial charge in [-0.3, -0.25) is 10.1 Å². The van der Waals surface area contributed by atoms with E-state index in [0.717, 1.165) is 23.4 Å². The number of nitrogens with one attached hydrogen (secondary N) is 2. The maximum Gasteiger partial charge on any atom is 0.250 e. The number of amides is 1. The number of ether oxygens (including phenoxy) is 2. The smallest absolute Gasteiger partial charge is 0.250 e. The zero-order valence-electron chi connectivity index (χ0n) is 14.8. The van der Waals surface area contributed by atoms with E-state index in [-0.39, 0.29) is 11.0 Å². The van der Waals surface area contributed by atoms with Crippen LogP contribution in [-0.2, 0) is 4.79 Å². The number of carbonyl (C=O) groups is 1. The van der Waals surface area contributed by atoms with Gasteiger partial charge in [-0.1, -0.05) is 25.1 Å². The number of hydrogen-bond acceptors (Lipinski definition) is 4. The van der Waals surface area contributed by atoms with Crippen LogP contribution in [-0.4, -0.2) is 24.7 Å². The molecular formula is C20H22N2O3S. The van der Waals surface area contributed by atoms with Crippen LogP contribution in [0.1, 0.15) is 18.9 Å². The van der Waals surface area contributed by atoms with E-state index in [2.05, 4.69) is 17.6 Å². The molecule has 0 aliphatic carbocycles. The monoisotopic (exact) mass is 370 g/mol. The lowest BCUT2D eigenvalue weighted by Gasteiger charge is -2.09. The molecule has 0 fully saturated rings. The third kappa shape index (κ3) is 6.22. The van der Waals surface area contributed by atoms with Crippen LogP contribution in [0.4, 0.5) is 5.69 Å². The summed E-state index contributed by atoms with van der Waals surface area (Å²) in [6, 6.07) is 14.8. The fourth-order valence-corrected chi connectivity index (χ4v) is 2.36. The summed E-state index contributed by atoms with van der Waals surface area (Å²) >= 11 is 5.16. The molecule has 0 aromatic heterocycles. The molecule has 5 nitrogen and oxygen atoms in total. The topological polar surface area (TPSA) is 59.6 Å². The van der Waals surface area contributed by atoms with Crippen LogP contribution < -0.4 is 20.1 Å². The van der Waals surface area contributed by atoms with E-state index in [9.17, 15) is 4.79 Å². The van der Waals surface area contributed by atoms with Crippen molar-refractivity contribution >= 4 is 35.0 Å². The van der Waals surface area contributed by atoms with Crippen molar-refractivity contribution in [2.24, 2.45) is 0 Å². The molecule has 0 bridgehead atoms. The highest BCUT2D eigenvalue weighted by Gasteiger charge is 2.03. The van der Waals surface area contributed by atoms with Crippen LogP contribution in [0.2, 0.25) is 0 Å². The molecule has 0 heterocycles. The maximum atomic E-state index is 12.0. The van der Waals surface area contributed by atoms with Gasteiger partial charge in [0, 0.05) is 17.3 Å². The largest absolute Gasteiger partial charge is 0.496 e. The Balaban J connectivity index is 1.87. The summed E-state index contributed by atoms with van der Waals surface area (Å²) in [5.74, 6) is 1.17. The highest BCUT2D eigenvalue weighted by Crippen LogP contribution is 2.18. The molecule has 0 atom stereocenters. The highest BCUT2D eigenvalue weighted by atomic mass is 32.1. The first-order valence-electron chi connectivity index (χ1n) is 8.28. The summed E-state index contributed by atoms with van der Waals surface area (Å²) in [5.41, 5.74) is 1.58. The Bertz CT molecular complexity index is 773. The minimum Gasteiger partial charge on any atom is -0.496 e. The molecular weight excluding hydrogens is 348 g/mol. The molecule has 0 aliphatic heterocycles. The van der Waals surface area contributed by atoms with E-state index in [1.807, 2.05) is 48.5 Å². The summed E-state index contributed by atoms with van der Waals surface area (Å²) in [7, 11) is 1.59. The summed E-state index contributed by atoms with van der Waals surface area (Å²) in [6.45, 7) is 2.74. The molecule has 0 spiro atoms. The summed E-state index contributed by atoms with van der Waals surface area (Å²) in [4.78, 5) is 12.0. The van der Waals surface area contributed by atoms with E-state index < -0.39 is 0 Å². The van der Waals surface area contributed by atoms with Crippen LogP contribution in [0, 0.1) is 0 Å². The first-order chi connectivity index (χ1) is 12.6. The minimum atomic E-state index is -0.323. The number of hydrogen-bond donors (Lipinski definition) is 2. The second-order valence-electron chi connectivity index (χ2n) is 5.39.